The number of nitrogens with zero attached hydrogens (tertiary/aromatic N) is 1. The maximum Gasteiger partial charge on any atom is 0.00570 e. The fraction of sp³-hybridized carbons (Fsp3) is 1.00. The highest BCUT2D eigenvalue weighted by atomic mass is 31.0. The molecule has 1 fully saturated rings. The Balaban J connectivity index is 2.04. The molecule has 0 aliphatic carbocycles. The first-order chi connectivity index (χ1) is 4.72. The Morgan fingerprint density at radius 2 is 2.30 bits per heavy atom. The molecule has 1 rings (SSSR count). The number of hydrogen-bond acceptors (Lipinski definition) is 2. The van der Waals surface area contributed by atoms with Gasteiger partial charge < -0.3 is 10.6 Å². The van der Waals surface area contributed by atoms with Crippen molar-refractivity contribution in [2.45, 2.75) is 12.6 Å². The van der Waals surface area contributed by atoms with Gasteiger partial charge >= 0.3 is 0 Å². The van der Waals surface area contributed by atoms with Crippen molar-refractivity contribution in [2.24, 2.45) is 11.7 Å². The Labute approximate surface area is 65.4 Å². The molecule has 60 valence electrons. The summed E-state index contributed by atoms with van der Waals surface area (Å²) in [4.78, 5) is 2.45. The fourth-order valence-corrected chi connectivity index (χ4v) is 1.87. The highest BCUT2D eigenvalue weighted by molar-refractivity contribution is 7.17. The van der Waals surface area contributed by atoms with Crippen LogP contribution in [0.15, 0.2) is 0 Å². The van der Waals surface area contributed by atoms with E-state index in [-0.39, 0.29) is 0 Å². The molecule has 0 saturated carbocycles. The molecule has 0 radical (unpaired) electrons. The van der Waals surface area contributed by atoms with E-state index in [9.17, 15) is 0 Å². The molecule has 1 aliphatic rings. The summed E-state index contributed by atoms with van der Waals surface area (Å²) < 4.78 is 0. The minimum absolute atomic E-state index is 0.664. The largest absolute Gasteiger partial charge is 0.330 e. The van der Waals surface area contributed by atoms with E-state index in [4.69, 9.17) is 5.73 Å². The molecule has 10 heavy (non-hydrogen) atoms. The normalized spacial score (nSPS) is 24.3. The molecule has 2 atom stereocenters. The summed E-state index contributed by atoms with van der Waals surface area (Å²) in [5.74, 6) is 0.664. The van der Waals surface area contributed by atoms with Crippen LogP contribution in [0.2, 0.25) is 0 Å². The summed E-state index contributed by atoms with van der Waals surface area (Å²) in [5, 5.41) is 0. The monoisotopic (exact) mass is 160 g/mol. The van der Waals surface area contributed by atoms with Crippen LogP contribution in [0, 0.1) is 5.92 Å². The van der Waals surface area contributed by atoms with Crippen molar-refractivity contribution in [3.63, 3.8) is 0 Å². The third kappa shape index (κ3) is 2.19. The molecule has 3 heteroatoms. The summed E-state index contributed by atoms with van der Waals surface area (Å²) in [6, 6.07) is 0. The van der Waals surface area contributed by atoms with Gasteiger partial charge in [-0.25, -0.2) is 0 Å². The van der Waals surface area contributed by atoms with Gasteiger partial charge in [0.25, 0.3) is 0 Å². The van der Waals surface area contributed by atoms with E-state index >= 15 is 0 Å². The van der Waals surface area contributed by atoms with Crippen LogP contribution in [0.1, 0.15) is 6.92 Å². The average molecular weight is 160 g/mol. The molecule has 0 aromatic rings. The lowest BCUT2D eigenvalue weighted by atomic mass is 10.1. The molecule has 0 aromatic heterocycles. The standard InChI is InChI=1S/C7H17N2P/c1-6(2-8)3-9-4-7(10)5-9/h6-7H,2-5,8,10H2,1H3. The van der Waals surface area contributed by atoms with Crippen molar-refractivity contribution < 1.29 is 0 Å². The second-order valence-corrected chi connectivity index (χ2v) is 4.26. The number of hydrogen-bond donors (Lipinski definition) is 1. The first kappa shape index (κ1) is 8.45. The molecule has 2 nitrogen and oxygen atoms in total. The van der Waals surface area contributed by atoms with Gasteiger partial charge in [0.15, 0.2) is 0 Å². The molecule has 0 spiro atoms. The minimum atomic E-state index is 0.664. The van der Waals surface area contributed by atoms with Gasteiger partial charge in [-0.15, -0.1) is 9.24 Å². The van der Waals surface area contributed by atoms with E-state index in [0.717, 1.165) is 12.2 Å². The predicted octanol–water partition coefficient (Wildman–Crippen LogP) is 0.141. The Bertz CT molecular complexity index is 102. The van der Waals surface area contributed by atoms with Gasteiger partial charge in [0.1, 0.15) is 0 Å². The smallest absolute Gasteiger partial charge is 0.00570 e. The van der Waals surface area contributed by atoms with Crippen LogP contribution in [0.3, 0.4) is 0 Å². The lowest BCUT2D eigenvalue weighted by Crippen LogP contribution is -2.49. The number of nitrogens with two attached hydrogens (primary N) is 1. The summed E-state index contributed by atoms with van der Waals surface area (Å²) in [5.41, 5.74) is 6.34. The van der Waals surface area contributed by atoms with Crippen LogP contribution in [0.4, 0.5) is 0 Å². The van der Waals surface area contributed by atoms with E-state index in [1.165, 1.54) is 19.6 Å². The zero-order valence-corrected chi connectivity index (χ0v) is 7.74. The van der Waals surface area contributed by atoms with E-state index in [1.54, 1.807) is 0 Å². The Kier molecular flexibility index (Phi) is 3.09. The molecule has 2 unspecified atom stereocenters. The van der Waals surface area contributed by atoms with Gasteiger partial charge in [0.2, 0.25) is 0 Å². The highest BCUT2D eigenvalue weighted by Crippen LogP contribution is 2.16. The van der Waals surface area contributed by atoms with E-state index in [2.05, 4.69) is 21.1 Å². The van der Waals surface area contributed by atoms with Crippen molar-refractivity contribution >= 4 is 9.24 Å². The van der Waals surface area contributed by atoms with Gasteiger partial charge in [0, 0.05) is 19.6 Å². The summed E-state index contributed by atoms with van der Waals surface area (Å²) >= 11 is 0. The van der Waals surface area contributed by atoms with Crippen molar-refractivity contribution in [1.29, 1.82) is 0 Å². The maximum absolute atomic E-state index is 5.50. The molecule has 0 amide bonds. The number of likely N-dealkylation sites (tertiary alicyclic amines) is 1. The van der Waals surface area contributed by atoms with Crippen LogP contribution in [0.5, 0.6) is 0 Å². The van der Waals surface area contributed by atoms with Crippen LogP contribution < -0.4 is 5.73 Å². The van der Waals surface area contributed by atoms with Gasteiger partial charge in [-0.2, -0.15) is 0 Å². The lowest BCUT2D eigenvalue weighted by Gasteiger charge is -2.38. The molecule has 1 heterocycles. The van der Waals surface area contributed by atoms with Crippen LogP contribution in [-0.2, 0) is 0 Å². The van der Waals surface area contributed by atoms with Gasteiger partial charge in [-0.3, -0.25) is 0 Å². The second-order valence-electron chi connectivity index (χ2n) is 3.32. The van der Waals surface area contributed by atoms with E-state index < -0.39 is 0 Å². The predicted molar refractivity (Wildman–Crippen MR) is 48.2 cm³/mol. The minimum Gasteiger partial charge on any atom is -0.330 e. The van der Waals surface area contributed by atoms with Crippen molar-refractivity contribution in [3.8, 4) is 0 Å². The van der Waals surface area contributed by atoms with Gasteiger partial charge in [-0.05, 0) is 18.1 Å². The van der Waals surface area contributed by atoms with Gasteiger partial charge in [0.05, 0.1) is 0 Å². The zero-order valence-electron chi connectivity index (χ0n) is 6.59. The molecule has 2 N–H and O–H groups in total. The maximum atomic E-state index is 5.50. The quantitative estimate of drug-likeness (QED) is 0.595. The van der Waals surface area contributed by atoms with Crippen molar-refractivity contribution in [3.05, 3.63) is 0 Å². The molecule has 1 saturated heterocycles. The van der Waals surface area contributed by atoms with Crippen molar-refractivity contribution in [2.75, 3.05) is 26.2 Å². The molecule has 0 aromatic carbocycles. The summed E-state index contributed by atoms with van der Waals surface area (Å²) in [6.07, 6.45) is 0. The van der Waals surface area contributed by atoms with Crippen LogP contribution in [-0.4, -0.2) is 36.7 Å². The first-order valence-electron chi connectivity index (χ1n) is 3.90. The zero-order chi connectivity index (χ0) is 7.56. The Morgan fingerprint density at radius 1 is 1.70 bits per heavy atom. The van der Waals surface area contributed by atoms with Crippen molar-refractivity contribution in [1.82, 2.24) is 4.90 Å². The molecule has 1 aliphatic heterocycles. The topological polar surface area (TPSA) is 29.3 Å². The average Bonchev–Trinajstić information content (AvgIpc) is 1.84. The lowest BCUT2D eigenvalue weighted by molar-refractivity contribution is 0.166. The fourth-order valence-electron chi connectivity index (χ4n) is 1.27. The second kappa shape index (κ2) is 3.66. The molecular weight excluding hydrogens is 143 g/mol. The third-order valence-electron chi connectivity index (χ3n) is 1.96. The third-order valence-corrected chi connectivity index (χ3v) is 2.38. The number of rotatable bonds is 3. The highest BCUT2D eigenvalue weighted by Gasteiger charge is 2.22. The van der Waals surface area contributed by atoms with E-state index in [1.807, 2.05) is 0 Å². The SMILES string of the molecule is CC(CN)CN1CC(P)C1. The Morgan fingerprint density at radius 3 is 2.70 bits per heavy atom. The molecule has 0 bridgehead atoms. The van der Waals surface area contributed by atoms with Gasteiger partial charge in [-0.1, -0.05) is 6.92 Å². The van der Waals surface area contributed by atoms with E-state index in [0.29, 0.717) is 5.92 Å². The Hall–Kier alpha value is 0.350. The molecular formula is C7H17N2P. The van der Waals surface area contributed by atoms with Crippen LogP contribution in [0.25, 0.3) is 0 Å². The summed E-state index contributed by atoms with van der Waals surface area (Å²) in [7, 11) is 2.85. The first-order valence-corrected chi connectivity index (χ1v) is 4.57. The van der Waals surface area contributed by atoms with Crippen LogP contribution >= 0.6 is 9.24 Å². The summed E-state index contributed by atoms with van der Waals surface area (Å²) in [6.45, 7) is 6.69.